The highest BCUT2D eigenvalue weighted by Crippen LogP contribution is 2.29. The molecule has 0 atom stereocenters. The Hall–Kier alpha value is -1.66. The smallest absolute Gasteiger partial charge is 0.234 e. The number of hydrogen-bond acceptors (Lipinski definition) is 3. The van der Waals surface area contributed by atoms with Gasteiger partial charge >= 0.3 is 0 Å². The molecule has 20 heavy (non-hydrogen) atoms. The Labute approximate surface area is 130 Å². The van der Waals surface area contributed by atoms with Crippen LogP contribution in [0.4, 0.5) is 0 Å². The fourth-order valence-electron chi connectivity index (χ4n) is 2.12. The van der Waals surface area contributed by atoms with Crippen molar-refractivity contribution in [1.82, 2.24) is 14.4 Å². The van der Waals surface area contributed by atoms with Gasteiger partial charge in [0.1, 0.15) is 11.3 Å². The summed E-state index contributed by atoms with van der Waals surface area (Å²) in [6, 6.07) is 7.90. The first-order chi connectivity index (χ1) is 9.69. The van der Waals surface area contributed by atoms with Crippen LogP contribution in [0.15, 0.2) is 56.2 Å². The van der Waals surface area contributed by atoms with Gasteiger partial charge in [0, 0.05) is 28.4 Å². The molecule has 0 bridgehead atoms. The lowest BCUT2D eigenvalue weighted by atomic mass is 10.2. The van der Waals surface area contributed by atoms with E-state index in [2.05, 4.69) is 41.8 Å². The van der Waals surface area contributed by atoms with Gasteiger partial charge in [0.25, 0.3) is 0 Å². The highest BCUT2D eigenvalue weighted by atomic mass is 79.9. The predicted octanol–water partition coefficient (Wildman–Crippen LogP) is 4.67. The maximum atomic E-state index is 5.83. The number of nitrogens with zero attached hydrogens (tertiary/aromatic N) is 3. The first-order valence-corrected chi connectivity index (χ1v) is 7.47. The van der Waals surface area contributed by atoms with Crippen LogP contribution in [0.25, 0.3) is 28.2 Å². The van der Waals surface area contributed by atoms with Gasteiger partial charge in [0.15, 0.2) is 5.76 Å². The molecule has 98 valence electrons. The highest BCUT2D eigenvalue weighted by Gasteiger charge is 2.11. The Bertz CT molecular complexity index is 864. The van der Waals surface area contributed by atoms with E-state index in [0.717, 1.165) is 31.4 Å². The molecule has 0 N–H and O–H groups in total. The Morgan fingerprint density at radius 2 is 1.95 bits per heavy atom. The van der Waals surface area contributed by atoms with E-state index in [9.17, 15) is 0 Å². The second-order valence-corrected chi connectivity index (χ2v) is 6.23. The summed E-state index contributed by atoms with van der Waals surface area (Å²) < 4.78 is 9.63. The molecule has 3 heterocycles. The lowest BCUT2D eigenvalue weighted by Crippen LogP contribution is -1.85. The van der Waals surface area contributed by atoms with Gasteiger partial charge in [0.05, 0.1) is 4.47 Å². The van der Waals surface area contributed by atoms with Crippen LogP contribution in [-0.2, 0) is 0 Å². The Balaban J connectivity index is 1.91. The van der Waals surface area contributed by atoms with E-state index < -0.39 is 0 Å². The maximum absolute atomic E-state index is 5.83. The second kappa shape index (κ2) is 4.43. The molecule has 0 saturated heterocycles. The van der Waals surface area contributed by atoms with Crippen molar-refractivity contribution < 1.29 is 4.42 Å². The van der Waals surface area contributed by atoms with Gasteiger partial charge in [-0.2, -0.15) is 0 Å². The van der Waals surface area contributed by atoms with E-state index in [1.165, 1.54) is 0 Å². The number of imidazole rings is 1. The molecular weight excluding hydrogens is 386 g/mol. The van der Waals surface area contributed by atoms with Crippen molar-refractivity contribution in [3.8, 4) is 11.5 Å². The average molecular weight is 393 g/mol. The third-order valence-electron chi connectivity index (χ3n) is 3.01. The minimum Gasteiger partial charge on any atom is -0.454 e. The molecule has 0 aliphatic carbocycles. The zero-order valence-electron chi connectivity index (χ0n) is 10.0. The van der Waals surface area contributed by atoms with Crippen molar-refractivity contribution in [3.63, 3.8) is 0 Å². The van der Waals surface area contributed by atoms with Gasteiger partial charge in [0.2, 0.25) is 5.78 Å². The van der Waals surface area contributed by atoms with Gasteiger partial charge in [-0.3, -0.25) is 4.40 Å². The van der Waals surface area contributed by atoms with Crippen LogP contribution in [0.5, 0.6) is 0 Å². The van der Waals surface area contributed by atoms with Gasteiger partial charge < -0.3 is 4.42 Å². The van der Waals surface area contributed by atoms with Crippen molar-refractivity contribution in [1.29, 1.82) is 0 Å². The molecule has 3 aromatic heterocycles. The molecule has 0 aliphatic rings. The summed E-state index contributed by atoms with van der Waals surface area (Å²) in [5, 5.41) is 1.04. The Morgan fingerprint density at radius 3 is 2.85 bits per heavy atom. The normalized spacial score (nSPS) is 11.5. The molecule has 0 saturated carbocycles. The molecule has 1 aromatic carbocycles. The maximum Gasteiger partial charge on any atom is 0.234 e. The zero-order chi connectivity index (χ0) is 13.7. The van der Waals surface area contributed by atoms with E-state index in [0.29, 0.717) is 5.78 Å². The third-order valence-corrected chi connectivity index (χ3v) is 3.91. The fourth-order valence-corrected chi connectivity index (χ4v) is 2.82. The van der Waals surface area contributed by atoms with Crippen LogP contribution in [0.1, 0.15) is 0 Å². The van der Waals surface area contributed by atoms with E-state index >= 15 is 0 Å². The minimum absolute atomic E-state index is 0.643. The van der Waals surface area contributed by atoms with Gasteiger partial charge in [-0.1, -0.05) is 15.9 Å². The summed E-state index contributed by atoms with van der Waals surface area (Å²) >= 11 is 6.85. The summed E-state index contributed by atoms with van der Waals surface area (Å²) in [7, 11) is 0. The van der Waals surface area contributed by atoms with Gasteiger partial charge in [-0.05, 0) is 40.2 Å². The number of fused-ring (bicyclic) bond motifs is 2. The molecule has 6 heteroatoms. The van der Waals surface area contributed by atoms with Crippen LogP contribution in [0.3, 0.4) is 0 Å². The standard InChI is InChI=1S/C14H7Br2N3O/c15-9-1-2-12-8(3-9)4-13(20-12)11-7-19-6-10(16)5-17-14(19)18-11/h1-7H. The Morgan fingerprint density at radius 1 is 1.05 bits per heavy atom. The van der Waals surface area contributed by atoms with Crippen LogP contribution in [0.2, 0.25) is 0 Å². The number of benzene rings is 1. The van der Waals surface area contributed by atoms with E-state index in [4.69, 9.17) is 4.42 Å². The summed E-state index contributed by atoms with van der Waals surface area (Å²) in [6.07, 6.45) is 5.54. The lowest BCUT2D eigenvalue weighted by molar-refractivity contribution is 0.629. The Kier molecular flexibility index (Phi) is 2.68. The summed E-state index contributed by atoms with van der Waals surface area (Å²) in [4.78, 5) is 8.72. The number of hydrogen-bond donors (Lipinski definition) is 0. The largest absolute Gasteiger partial charge is 0.454 e. The highest BCUT2D eigenvalue weighted by molar-refractivity contribution is 9.10. The van der Waals surface area contributed by atoms with Gasteiger partial charge in [-0.25, -0.2) is 9.97 Å². The van der Waals surface area contributed by atoms with Crippen LogP contribution in [0, 0.1) is 0 Å². The molecule has 4 rings (SSSR count). The van der Waals surface area contributed by atoms with Crippen molar-refractivity contribution in [2.75, 3.05) is 0 Å². The molecular formula is C14H7Br2N3O. The molecule has 0 fully saturated rings. The van der Waals surface area contributed by atoms with E-state index in [1.54, 1.807) is 6.20 Å². The van der Waals surface area contributed by atoms with Gasteiger partial charge in [-0.15, -0.1) is 0 Å². The third kappa shape index (κ3) is 1.96. The van der Waals surface area contributed by atoms with Crippen molar-refractivity contribution in [3.05, 3.63) is 51.8 Å². The first kappa shape index (κ1) is 12.1. The molecule has 4 nitrogen and oxygen atoms in total. The van der Waals surface area contributed by atoms with Crippen LogP contribution in [-0.4, -0.2) is 14.4 Å². The second-order valence-electron chi connectivity index (χ2n) is 4.40. The summed E-state index contributed by atoms with van der Waals surface area (Å²) in [5.74, 6) is 1.38. The van der Waals surface area contributed by atoms with E-state index in [-0.39, 0.29) is 0 Å². The van der Waals surface area contributed by atoms with Crippen molar-refractivity contribution >= 4 is 48.6 Å². The zero-order valence-corrected chi connectivity index (χ0v) is 13.2. The molecule has 0 radical (unpaired) electrons. The SMILES string of the molecule is Brc1ccc2oc(-c3cn4cc(Br)cnc4n3)cc2c1. The monoisotopic (exact) mass is 391 g/mol. The predicted molar refractivity (Wildman–Crippen MR) is 83.6 cm³/mol. The summed E-state index contributed by atoms with van der Waals surface area (Å²) in [6.45, 7) is 0. The number of furan rings is 1. The van der Waals surface area contributed by atoms with Crippen LogP contribution >= 0.6 is 31.9 Å². The molecule has 0 amide bonds. The molecule has 0 unspecified atom stereocenters. The van der Waals surface area contributed by atoms with Crippen molar-refractivity contribution in [2.45, 2.75) is 0 Å². The first-order valence-electron chi connectivity index (χ1n) is 5.89. The van der Waals surface area contributed by atoms with Crippen molar-refractivity contribution in [2.24, 2.45) is 0 Å². The average Bonchev–Trinajstić information content (AvgIpc) is 3.00. The molecule has 4 aromatic rings. The quantitative estimate of drug-likeness (QED) is 0.472. The topological polar surface area (TPSA) is 43.3 Å². The number of aromatic nitrogens is 3. The molecule has 0 spiro atoms. The summed E-state index contributed by atoms with van der Waals surface area (Å²) in [5.41, 5.74) is 1.61. The van der Waals surface area contributed by atoms with Crippen LogP contribution < -0.4 is 0 Å². The number of halogens is 2. The minimum atomic E-state index is 0.643. The van der Waals surface area contributed by atoms with E-state index in [1.807, 2.05) is 41.1 Å². The number of rotatable bonds is 1. The fraction of sp³-hybridized carbons (Fsp3) is 0. The lowest BCUT2D eigenvalue weighted by Gasteiger charge is -1.90. The molecule has 0 aliphatic heterocycles.